The molecule has 0 atom stereocenters. The molecule has 0 aliphatic carbocycles. The number of benzene rings is 2. The average molecular weight is 688 g/mol. The smallest absolute Gasteiger partial charge is 0.335 e. The number of nitrogens with one attached hydrogen (secondary N) is 1. The lowest BCUT2D eigenvalue weighted by molar-refractivity contribution is -0.126. The SMILES string of the molecule is COCCN1CCN(C(=O)C#Cc2c(Oc3ccc(NC(=O)c4cn(C(C)C)c(=O)n(-c5ccc(F)cc5)c4=O)cc3F)ccnc2N)CC1. The number of aromatic nitrogens is 3. The molecule has 0 saturated carbocycles. The van der Waals surface area contributed by atoms with Crippen LogP contribution in [-0.4, -0.2) is 82.2 Å². The van der Waals surface area contributed by atoms with Gasteiger partial charge in [0.1, 0.15) is 28.5 Å². The first-order valence-corrected chi connectivity index (χ1v) is 15.7. The Balaban J connectivity index is 1.33. The van der Waals surface area contributed by atoms with Gasteiger partial charge in [-0.1, -0.05) is 0 Å². The van der Waals surface area contributed by atoms with Crippen molar-refractivity contribution in [2.75, 3.05) is 57.5 Å². The van der Waals surface area contributed by atoms with E-state index in [9.17, 15) is 23.6 Å². The summed E-state index contributed by atoms with van der Waals surface area (Å²) in [6, 6.07) is 9.23. The number of nitrogens with zero attached hydrogens (tertiary/aromatic N) is 5. The maximum absolute atomic E-state index is 15.3. The Morgan fingerprint density at radius 1 is 1.02 bits per heavy atom. The molecule has 5 rings (SSSR count). The fourth-order valence-corrected chi connectivity index (χ4v) is 5.15. The normalized spacial score (nSPS) is 13.1. The highest BCUT2D eigenvalue weighted by Crippen LogP contribution is 2.30. The molecule has 3 heterocycles. The highest BCUT2D eigenvalue weighted by atomic mass is 19.1. The van der Waals surface area contributed by atoms with Crippen molar-refractivity contribution in [3.8, 4) is 29.0 Å². The van der Waals surface area contributed by atoms with Crippen LogP contribution in [0.3, 0.4) is 0 Å². The maximum atomic E-state index is 15.3. The Labute approximate surface area is 285 Å². The van der Waals surface area contributed by atoms with Crippen LogP contribution >= 0.6 is 0 Å². The van der Waals surface area contributed by atoms with Crippen LogP contribution in [0, 0.1) is 23.5 Å². The highest BCUT2D eigenvalue weighted by Gasteiger charge is 2.22. The van der Waals surface area contributed by atoms with Gasteiger partial charge in [0.05, 0.1) is 12.3 Å². The van der Waals surface area contributed by atoms with Gasteiger partial charge in [0.2, 0.25) is 0 Å². The van der Waals surface area contributed by atoms with E-state index in [-0.39, 0.29) is 34.3 Å². The Hall–Kier alpha value is -5.85. The average Bonchev–Trinajstić information content (AvgIpc) is 3.09. The Kier molecular flexibility index (Phi) is 11.0. The molecule has 13 nitrogen and oxygen atoms in total. The number of piperazine rings is 1. The van der Waals surface area contributed by atoms with Crippen molar-refractivity contribution in [2.24, 2.45) is 0 Å². The molecule has 260 valence electrons. The number of amides is 2. The van der Waals surface area contributed by atoms with Gasteiger partial charge in [-0.15, -0.1) is 0 Å². The van der Waals surface area contributed by atoms with Crippen LogP contribution in [0.2, 0.25) is 0 Å². The number of pyridine rings is 1. The van der Waals surface area contributed by atoms with Crippen LogP contribution in [0.5, 0.6) is 11.5 Å². The van der Waals surface area contributed by atoms with Crippen LogP contribution in [0.1, 0.15) is 35.8 Å². The molecule has 1 aliphatic heterocycles. The molecule has 0 unspecified atom stereocenters. The van der Waals surface area contributed by atoms with E-state index in [4.69, 9.17) is 15.2 Å². The lowest BCUT2D eigenvalue weighted by atomic mass is 10.2. The molecule has 0 spiro atoms. The van der Waals surface area contributed by atoms with Crippen LogP contribution in [0.4, 0.5) is 20.3 Å². The molecular formula is C35H35F2N7O6. The number of rotatable bonds is 9. The topological polar surface area (TPSA) is 154 Å². The quantitative estimate of drug-likeness (QED) is 0.253. The van der Waals surface area contributed by atoms with Crippen molar-refractivity contribution < 1.29 is 27.8 Å². The van der Waals surface area contributed by atoms with Crippen molar-refractivity contribution in [2.45, 2.75) is 19.9 Å². The number of hydrogen-bond acceptors (Lipinski definition) is 9. The van der Waals surface area contributed by atoms with E-state index < -0.39 is 46.3 Å². The summed E-state index contributed by atoms with van der Waals surface area (Å²) in [4.78, 5) is 60.4. The molecule has 50 heavy (non-hydrogen) atoms. The second-order valence-electron chi connectivity index (χ2n) is 11.6. The Bertz CT molecular complexity index is 2080. The van der Waals surface area contributed by atoms with E-state index in [0.717, 1.165) is 35.5 Å². The fourth-order valence-electron chi connectivity index (χ4n) is 5.15. The van der Waals surface area contributed by atoms with E-state index in [0.29, 0.717) is 32.8 Å². The third kappa shape index (κ3) is 8.05. The first-order valence-electron chi connectivity index (χ1n) is 15.7. The van der Waals surface area contributed by atoms with Gasteiger partial charge in [0.15, 0.2) is 11.6 Å². The third-order valence-electron chi connectivity index (χ3n) is 7.92. The zero-order chi connectivity index (χ0) is 35.9. The number of anilines is 2. The second kappa shape index (κ2) is 15.6. The van der Waals surface area contributed by atoms with Gasteiger partial charge in [0, 0.05) is 82.0 Å². The standard InChI is InChI=1S/C35H35F2N7O6/c1-22(2)43-21-27(34(47)44(35(43)48)25-7-4-23(36)5-8-25)33(46)40-24-6-10-30(28(37)20-24)50-29-12-13-39-32(38)26(29)9-11-31(45)42-16-14-41(15-17-42)18-19-49-3/h4-8,10,12-13,20-22H,14-19H2,1-3H3,(H2,38,39)(H,40,46). The number of nitrogens with two attached hydrogens (primary N) is 1. The number of nitrogen functional groups attached to an aromatic ring is 1. The van der Waals surface area contributed by atoms with Crippen molar-refractivity contribution in [1.82, 2.24) is 23.9 Å². The van der Waals surface area contributed by atoms with Crippen molar-refractivity contribution in [3.63, 3.8) is 0 Å². The second-order valence-corrected chi connectivity index (χ2v) is 11.6. The largest absolute Gasteiger partial charge is 0.453 e. The molecule has 0 radical (unpaired) electrons. The summed E-state index contributed by atoms with van der Waals surface area (Å²) >= 11 is 0. The zero-order valence-corrected chi connectivity index (χ0v) is 27.6. The molecule has 1 saturated heterocycles. The lowest BCUT2D eigenvalue weighted by Gasteiger charge is -2.33. The molecule has 1 aliphatic rings. The van der Waals surface area contributed by atoms with Gasteiger partial charge >= 0.3 is 5.69 Å². The molecule has 2 amide bonds. The van der Waals surface area contributed by atoms with Crippen molar-refractivity contribution >= 4 is 23.3 Å². The molecule has 15 heteroatoms. The summed E-state index contributed by atoms with van der Waals surface area (Å²) in [6.07, 6.45) is 2.47. The number of carbonyl (C=O) groups is 2. The summed E-state index contributed by atoms with van der Waals surface area (Å²) in [5, 5.41) is 2.47. The molecule has 1 fully saturated rings. The van der Waals surface area contributed by atoms with E-state index in [1.165, 1.54) is 41.1 Å². The maximum Gasteiger partial charge on any atom is 0.335 e. The van der Waals surface area contributed by atoms with Crippen LogP contribution in [0.15, 0.2) is 70.5 Å². The zero-order valence-electron chi connectivity index (χ0n) is 27.6. The van der Waals surface area contributed by atoms with E-state index in [1.54, 1.807) is 25.9 Å². The van der Waals surface area contributed by atoms with Crippen LogP contribution in [-0.2, 0) is 9.53 Å². The molecular weight excluding hydrogens is 652 g/mol. The van der Waals surface area contributed by atoms with Gasteiger partial charge < -0.3 is 25.4 Å². The van der Waals surface area contributed by atoms with Gasteiger partial charge in [-0.25, -0.2) is 23.1 Å². The van der Waals surface area contributed by atoms with Crippen LogP contribution in [0.25, 0.3) is 5.69 Å². The highest BCUT2D eigenvalue weighted by molar-refractivity contribution is 6.04. The Morgan fingerprint density at radius 2 is 1.74 bits per heavy atom. The number of carbonyl (C=O) groups excluding carboxylic acids is 2. The van der Waals surface area contributed by atoms with Crippen molar-refractivity contribution in [3.05, 3.63) is 105 Å². The van der Waals surface area contributed by atoms with Crippen molar-refractivity contribution in [1.29, 1.82) is 0 Å². The third-order valence-corrected chi connectivity index (χ3v) is 7.92. The van der Waals surface area contributed by atoms with Gasteiger partial charge in [-0.2, -0.15) is 0 Å². The molecule has 2 aromatic carbocycles. The minimum Gasteiger partial charge on any atom is -0.453 e. The Morgan fingerprint density at radius 3 is 2.40 bits per heavy atom. The summed E-state index contributed by atoms with van der Waals surface area (Å²) in [7, 11) is 1.64. The molecule has 3 N–H and O–H groups in total. The van der Waals surface area contributed by atoms with E-state index in [1.807, 2.05) is 0 Å². The number of ether oxygens (including phenoxy) is 2. The van der Waals surface area contributed by atoms with E-state index in [2.05, 4.69) is 27.0 Å². The lowest BCUT2D eigenvalue weighted by Crippen LogP contribution is -2.49. The van der Waals surface area contributed by atoms with E-state index >= 15 is 4.39 Å². The number of halogens is 2. The van der Waals surface area contributed by atoms with Gasteiger partial charge in [0.25, 0.3) is 17.4 Å². The predicted octanol–water partition coefficient (Wildman–Crippen LogP) is 3.02. The summed E-state index contributed by atoms with van der Waals surface area (Å²) in [6.45, 7) is 7.14. The minimum atomic E-state index is -0.942. The first kappa shape index (κ1) is 35.5. The summed E-state index contributed by atoms with van der Waals surface area (Å²) < 4.78 is 41.7. The molecule has 4 aromatic rings. The van der Waals surface area contributed by atoms with Crippen LogP contribution < -0.4 is 27.0 Å². The predicted molar refractivity (Wildman–Crippen MR) is 181 cm³/mol. The molecule has 2 aromatic heterocycles. The monoisotopic (exact) mass is 687 g/mol. The summed E-state index contributed by atoms with van der Waals surface area (Å²) in [5.41, 5.74) is 4.12. The first-order chi connectivity index (χ1) is 24.0. The van der Waals surface area contributed by atoms with Gasteiger partial charge in [-0.05, 0) is 56.2 Å². The summed E-state index contributed by atoms with van der Waals surface area (Å²) in [5.74, 6) is 2.32. The molecule has 0 bridgehead atoms. The number of methoxy groups -OCH3 is 1. The minimum absolute atomic E-state index is 0.0166. The number of hydrogen-bond donors (Lipinski definition) is 2. The fraction of sp³-hybridized carbons (Fsp3) is 0.286. The van der Waals surface area contributed by atoms with Gasteiger partial charge in [-0.3, -0.25) is 23.9 Å².